The molecule has 1 saturated heterocycles. The highest BCUT2D eigenvalue weighted by Gasteiger charge is 2.33. The molecule has 1 unspecified atom stereocenters. The number of aliphatic carboxylic acids is 2. The molecule has 288 valence electrons. The third-order valence-electron chi connectivity index (χ3n) is 7.79. The molecule has 0 spiro atoms. The lowest BCUT2D eigenvalue weighted by atomic mass is 10.1. The maximum atomic E-state index is 12.8. The van der Waals surface area contributed by atoms with Crippen LogP contribution in [0.3, 0.4) is 0 Å². The van der Waals surface area contributed by atoms with Gasteiger partial charge in [-0.15, -0.1) is 5.06 Å². The van der Waals surface area contributed by atoms with E-state index in [0.717, 1.165) is 11.6 Å². The van der Waals surface area contributed by atoms with Gasteiger partial charge in [0.15, 0.2) is 0 Å². The number of unbranched alkanes of at least 4 members (excludes halogenated alkanes) is 1. The summed E-state index contributed by atoms with van der Waals surface area (Å²) in [6.45, 7) is 0.723. The van der Waals surface area contributed by atoms with Gasteiger partial charge < -0.3 is 41.6 Å². The smallest absolute Gasteiger partial charge is 0.363 e. The number of rotatable bonds is 20. The van der Waals surface area contributed by atoms with E-state index in [9.17, 15) is 53.1 Å². The van der Waals surface area contributed by atoms with Crippen LogP contribution in [-0.2, 0) is 38.4 Å². The van der Waals surface area contributed by atoms with E-state index >= 15 is 0 Å². The molecule has 1 heterocycles. The van der Waals surface area contributed by atoms with E-state index in [1.807, 2.05) is 13.0 Å². The third kappa shape index (κ3) is 13.5. The van der Waals surface area contributed by atoms with Crippen molar-refractivity contribution < 1.29 is 63.0 Å². The van der Waals surface area contributed by atoms with Gasteiger partial charge in [0.1, 0.15) is 12.1 Å². The lowest BCUT2D eigenvalue weighted by molar-refractivity contribution is -0.172. The largest absolute Gasteiger partial charge is 0.481 e. The number of carbonyl (C=O) groups excluding carboxylic acids is 8. The van der Waals surface area contributed by atoms with Gasteiger partial charge in [-0.2, -0.15) is 0 Å². The Balaban J connectivity index is 1.45. The first-order valence-corrected chi connectivity index (χ1v) is 16.8. The summed E-state index contributed by atoms with van der Waals surface area (Å²) in [5, 5.41) is 30.8. The number of carboxylic acid groups (broad SMARTS) is 2. The van der Waals surface area contributed by atoms with Crippen LogP contribution in [0.4, 0.5) is 0 Å². The molecule has 1 aliphatic rings. The first-order valence-electron chi connectivity index (χ1n) is 16.8. The van der Waals surface area contributed by atoms with Crippen molar-refractivity contribution in [3.05, 3.63) is 70.8 Å². The van der Waals surface area contributed by atoms with E-state index in [2.05, 4.69) is 26.6 Å². The molecule has 0 aromatic heterocycles. The lowest BCUT2D eigenvalue weighted by Gasteiger charge is -2.19. The van der Waals surface area contributed by atoms with Crippen molar-refractivity contribution in [2.75, 3.05) is 19.6 Å². The molecule has 3 rings (SSSR count). The minimum absolute atomic E-state index is 0.0212. The highest BCUT2D eigenvalue weighted by atomic mass is 16.7. The Morgan fingerprint density at radius 2 is 1.30 bits per heavy atom. The first-order chi connectivity index (χ1) is 25.6. The van der Waals surface area contributed by atoms with Gasteiger partial charge in [-0.25, -0.2) is 9.59 Å². The summed E-state index contributed by atoms with van der Waals surface area (Å²) in [7, 11) is 0. The average Bonchev–Trinajstić information content (AvgIpc) is 3.45. The number of nitrogens with zero attached hydrogens (tertiary/aromatic N) is 1. The van der Waals surface area contributed by atoms with Crippen LogP contribution in [0.1, 0.15) is 81.6 Å². The third-order valence-corrected chi connectivity index (χ3v) is 7.79. The number of hydrogen-bond acceptors (Lipinski definition) is 11. The van der Waals surface area contributed by atoms with E-state index in [0.29, 0.717) is 23.5 Å². The number of imide groups is 1. The summed E-state index contributed by atoms with van der Waals surface area (Å²) in [4.78, 5) is 126. The fraction of sp³-hybridized carbons (Fsp3) is 0.371. The molecule has 0 saturated carbocycles. The topological polar surface area (TPSA) is 284 Å². The summed E-state index contributed by atoms with van der Waals surface area (Å²) < 4.78 is 0. The molecule has 0 radical (unpaired) electrons. The minimum atomic E-state index is -1.46. The molecule has 7 N–H and O–H groups in total. The van der Waals surface area contributed by atoms with Gasteiger partial charge in [-0.1, -0.05) is 23.8 Å². The molecule has 19 nitrogen and oxygen atoms in total. The van der Waals surface area contributed by atoms with Crippen molar-refractivity contribution in [2.45, 2.75) is 64.0 Å². The monoisotopic (exact) mass is 752 g/mol. The van der Waals surface area contributed by atoms with Crippen LogP contribution in [0.25, 0.3) is 0 Å². The predicted octanol–water partition coefficient (Wildman–Crippen LogP) is -0.419. The zero-order chi connectivity index (χ0) is 39.8. The molecular weight excluding hydrogens is 712 g/mol. The Labute approximate surface area is 308 Å². The number of hydroxylamine groups is 2. The highest BCUT2D eigenvalue weighted by molar-refractivity contribution is 6.04. The van der Waals surface area contributed by atoms with Crippen molar-refractivity contribution in [2.24, 2.45) is 0 Å². The Hall–Kier alpha value is -6.66. The number of amides is 7. The quantitative estimate of drug-likeness (QED) is 0.0669. The van der Waals surface area contributed by atoms with Crippen LogP contribution >= 0.6 is 0 Å². The van der Waals surface area contributed by atoms with Gasteiger partial charge in [-0.3, -0.25) is 38.4 Å². The second kappa shape index (κ2) is 20.4. The molecule has 54 heavy (non-hydrogen) atoms. The number of benzene rings is 2. The number of aryl methyl sites for hydroxylation is 1. The van der Waals surface area contributed by atoms with E-state index in [1.165, 1.54) is 18.2 Å². The fourth-order valence-electron chi connectivity index (χ4n) is 4.98. The van der Waals surface area contributed by atoms with Crippen molar-refractivity contribution in [1.82, 2.24) is 31.6 Å². The van der Waals surface area contributed by atoms with Crippen molar-refractivity contribution in [3.63, 3.8) is 0 Å². The van der Waals surface area contributed by atoms with E-state index in [4.69, 9.17) is 9.94 Å². The SMILES string of the molecule is Cc1cccc(C(=O)NCCCCC(NC(=O)CNC(=O)[C@@H](CCC(=O)O)NC(=O)CNC(=O)c2cccc(C(=O)ON3C(=O)CCC3=O)c2)C(=O)O)c1. The van der Waals surface area contributed by atoms with Crippen LogP contribution in [0.15, 0.2) is 48.5 Å². The van der Waals surface area contributed by atoms with Gasteiger partial charge in [0.25, 0.3) is 23.6 Å². The number of carbonyl (C=O) groups is 10. The Kier molecular flexibility index (Phi) is 15.8. The highest BCUT2D eigenvalue weighted by Crippen LogP contribution is 2.15. The molecule has 2 aromatic rings. The normalized spacial score (nSPS) is 13.2. The van der Waals surface area contributed by atoms with E-state index in [-0.39, 0.29) is 42.8 Å². The van der Waals surface area contributed by atoms with Crippen molar-refractivity contribution >= 4 is 59.3 Å². The summed E-state index contributed by atoms with van der Waals surface area (Å²) in [6.07, 6.45) is -0.399. The molecule has 19 heteroatoms. The summed E-state index contributed by atoms with van der Waals surface area (Å²) in [5.74, 6) is -8.94. The average molecular weight is 753 g/mol. The number of hydrogen-bond donors (Lipinski definition) is 7. The zero-order valence-electron chi connectivity index (χ0n) is 29.2. The fourth-order valence-corrected chi connectivity index (χ4v) is 4.98. The van der Waals surface area contributed by atoms with Gasteiger partial charge in [0, 0.05) is 36.9 Å². The van der Waals surface area contributed by atoms with E-state index in [1.54, 1.807) is 18.2 Å². The van der Waals surface area contributed by atoms with Crippen LogP contribution in [-0.4, -0.2) is 106 Å². The zero-order valence-corrected chi connectivity index (χ0v) is 29.2. The molecule has 2 aromatic carbocycles. The Bertz CT molecular complexity index is 1780. The molecule has 0 aliphatic carbocycles. The predicted molar refractivity (Wildman–Crippen MR) is 184 cm³/mol. The molecule has 2 atom stereocenters. The van der Waals surface area contributed by atoms with Crippen LogP contribution in [0.2, 0.25) is 0 Å². The Morgan fingerprint density at radius 1 is 0.722 bits per heavy atom. The molecule has 0 bridgehead atoms. The minimum Gasteiger partial charge on any atom is -0.481 e. The van der Waals surface area contributed by atoms with Gasteiger partial charge in [0.05, 0.1) is 18.7 Å². The van der Waals surface area contributed by atoms with Crippen LogP contribution < -0.4 is 26.6 Å². The summed E-state index contributed by atoms with van der Waals surface area (Å²) in [6, 6.07) is 9.21. The van der Waals surface area contributed by atoms with Crippen LogP contribution in [0.5, 0.6) is 0 Å². The molecule has 1 aliphatic heterocycles. The number of nitrogens with one attached hydrogen (secondary N) is 5. The second-order valence-electron chi connectivity index (χ2n) is 12.1. The van der Waals surface area contributed by atoms with E-state index < -0.39 is 91.4 Å². The number of carboxylic acids is 2. The first kappa shape index (κ1) is 41.8. The van der Waals surface area contributed by atoms with Crippen molar-refractivity contribution in [1.29, 1.82) is 0 Å². The maximum absolute atomic E-state index is 12.8. The molecule has 7 amide bonds. The lowest BCUT2D eigenvalue weighted by Crippen LogP contribution is -2.52. The van der Waals surface area contributed by atoms with Gasteiger partial charge >= 0.3 is 17.9 Å². The van der Waals surface area contributed by atoms with Crippen molar-refractivity contribution in [3.8, 4) is 0 Å². The standard InChI is InChI=1S/C35H40N6O13/c1-20-6-4-7-21(16-20)31(48)36-15-3-2-10-25(34(51)52)40-27(43)19-38-33(50)24(11-14-30(46)47)39-26(42)18-37-32(49)22-8-5-9-23(17-22)35(53)54-41-28(44)12-13-29(41)45/h4-9,16-17,24-25H,2-3,10-15,18-19H2,1H3,(H,36,48)(H,37,49)(H,38,50)(H,39,42)(H,40,43)(H,46,47)(H,51,52)/t24-,25?/m1/s1. The summed E-state index contributed by atoms with van der Waals surface area (Å²) in [5.41, 5.74) is 1.13. The molecule has 1 fully saturated rings. The van der Waals surface area contributed by atoms with Gasteiger partial charge in [0.2, 0.25) is 17.7 Å². The van der Waals surface area contributed by atoms with Gasteiger partial charge in [-0.05, 0) is 62.9 Å². The maximum Gasteiger partial charge on any atom is 0.363 e. The second-order valence-corrected chi connectivity index (χ2v) is 12.1. The Morgan fingerprint density at radius 3 is 1.93 bits per heavy atom. The molecular formula is C35H40N6O13. The van der Waals surface area contributed by atoms with Crippen LogP contribution in [0, 0.1) is 6.92 Å². The summed E-state index contributed by atoms with van der Waals surface area (Å²) >= 11 is 0.